The molecule has 138 valence electrons. The fraction of sp³-hybridized carbons (Fsp3) is 0.579. The molecule has 2 atom stereocenters. The Balaban J connectivity index is 2.00. The Bertz CT molecular complexity index is 571. The molecule has 0 radical (unpaired) electrons. The van der Waals surface area contributed by atoms with Gasteiger partial charge in [0, 0.05) is 31.1 Å². The normalized spacial score (nSPS) is 18.0. The van der Waals surface area contributed by atoms with Crippen molar-refractivity contribution in [1.29, 1.82) is 0 Å². The molecule has 1 N–H and O–H groups in total. The molecule has 0 saturated carbocycles. The lowest BCUT2D eigenvalue weighted by molar-refractivity contribution is -0.140. The molecule has 1 aliphatic rings. The minimum absolute atomic E-state index is 0.0165. The summed E-state index contributed by atoms with van der Waals surface area (Å²) in [5, 5.41) is 3.57. The number of nitrogens with zero attached hydrogens (tertiary/aromatic N) is 1. The molecule has 2 amide bonds. The Morgan fingerprint density at radius 1 is 1.36 bits per heavy atom. The number of carbonyl (C=O) groups excluding carboxylic acids is 2. The quantitative estimate of drug-likeness (QED) is 0.768. The zero-order valence-corrected chi connectivity index (χ0v) is 15.7. The van der Waals surface area contributed by atoms with Crippen LogP contribution >= 0.6 is 11.6 Å². The van der Waals surface area contributed by atoms with Crippen LogP contribution in [-0.4, -0.2) is 42.0 Å². The molecule has 1 aliphatic heterocycles. The van der Waals surface area contributed by atoms with Gasteiger partial charge < -0.3 is 15.0 Å². The smallest absolute Gasteiger partial charge is 0.242 e. The second-order valence-corrected chi connectivity index (χ2v) is 6.89. The highest BCUT2D eigenvalue weighted by molar-refractivity contribution is 6.30. The van der Waals surface area contributed by atoms with Gasteiger partial charge >= 0.3 is 0 Å². The Morgan fingerprint density at radius 3 is 2.68 bits per heavy atom. The van der Waals surface area contributed by atoms with Crippen molar-refractivity contribution in [2.45, 2.75) is 58.2 Å². The van der Waals surface area contributed by atoms with Crippen LogP contribution in [0, 0.1) is 0 Å². The maximum Gasteiger partial charge on any atom is 0.242 e. The van der Waals surface area contributed by atoms with Crippen molar-refractivity contribution >= 4 is 23.4 Å². The van der Waals surface area contributed by atoms with E-state index in [4.69, 9.17) is 16.3 Å². The van der Waals surface area contributed by atoms with Gasteiger partial charge in [0.05, 0.1) is 6.10 Å². The van der Waals surface area contributed by atoms with E-state index in [1.807, 2.05) is 19.1 Å². The van der Waals surface area contributed by atoms with Gasteiger partial charge in [-0.25, -0.2) is 0 Å². The van der Waals surface area contributed by atoms with Gasteiger partial charge in [-0.2, -0.15) is 0 Å². The van der Waals surface area contributed by atoms with Gasteiger partial charge in [-0.1, -0.05) is 30.7 Å². The van der Waals surface area contributed by atoms with E-state index >= 15 is 0 Å². The second-order valence-electron chi connectivity index (χ2n) is 6.45. The molecule has 0 spiro atoms. The van der Waals surface area contributed by atoms with Crippen molar-refractivity contribution in [2.24, 2.45) is 0 Å². The van der Waals surface area contributed by atoms with Gasteiger partial charge in [-0.05, 0) is 43.9 Å². The molecule has 0 aliphatic carbocycles. The topological polar surface area (TPSA) is 58.6 Å². The Hall–Kier alpha value is -1.59. The van der Waals surface area contributed by atoms with Gasteiger partial charge in [-0.15, -0.1) is 0 Å². The third-order valence-electron chi connectivity index (χ3n) is 4.43. The molecule has 2 rings (SSSR count). The van der Waals surface area contributed by atoms with E-state index < -0.39 is 6.04 Å². The summed E-state index contributed by atoms with van der Waals surface area (Å²) in [7, 11) is 0. The summed E-state index contributed by atoms with van der Waals surface area (Å²) in [6.45, 7) is 5.38. The summed E-state index contributed by atoms with van der Waals surface area (Å²) in [4.78, 5) is 26.7. The maximum absolute atomic E-state index is 12.5. The minimum Gasteiger partial charge on any atom is -0.376 e. The van der Waals surface area contributed by atoms with Crippen molar-refractivity contribution in [3.05, 3.63) is 34.9 Å². The van der Waals surface area contributed by atoms with Crippen molar-refractivity contribution in [1.82, 2.24) is 10.2 Å². The molecular formula is C19H27ClN2O3. The van der Waals surface area contributed by atoms with Crippen LogP contribution in [0.25, 0.3) is 0 Å². The van der Waals surface area contributed by atoms with E-state index in [2.05, 4.69) is 5.32 Å². The first-order valence-corrected chi connectivity index (χ1v) is 9.32. The molecule has 6 heteroatoms. The highest BCUT2D eigenvalue weighted by Crippen LogP contribution is 2.15. The average molecular weight is 367 g/mol. The number of rotatable bonds is 8. The number of nitrogens with one attached hydrogen (secondary N) is 1. The lowest BCUT2D eigenvalue weighted by atomic mass is 10.1. The summed E-state index contributed by atoms with van der Waals surface area (Å²) in [5.74, 6) is -0.161. The van der Waals surface area contributed by atoms with Crippen LogP contribution in [-0.2, 0) is 20.9 Å². The summed E-state index contributed by atoms with van der Waals surface area (Å²) < 4.78 is 5.53. The number of hydrogen-bond acceptors (Lipinski definition) is 3. The minimum atomic E-state index is -0.531. The predicted molar refractivity (Wildman–Crippen MR) is 98.4 cm³/mol. The first-order chi connectivity index (χ1) is 12.0. The molecule has 0 unspecified atom stereocenters. The summed E-state index contributed by atoms with van der Waals surface area (Å²) in [5.41, 5.74) is 0.952. The summed E-state index contributed by atoms with van der Waals surface area (Å²) in [6, 6.07) is 6.82. The first-order valence-electron chi connectivity index (χ1n) is 8.94. The van der Waals surface area contributed by atoms with Crippen molar-refractivity contribution in [2.75, 3.05) is 13.2 Å². The number of ether oxygens (including phenoxy) is 1. The van der Waals surface area contributed by atoms with Crippen LogP contribution in [0.15, 0.2) is 24.3 Å². The van der Waals surface area contributed by atoms with Gasteiger partial charge in [0.1, 0.15) is 6.04 Å². The number of amides is 2. The molecule has 1 heterocycles. The van der Waals surface area contributed by atoms with E-state index in [0.717, 1.165) is 31.4 Å². The van der Waals surface area contributed by atoms with E-state index in [-0.39, 0.29) is 17.9 Å². The molecule has 0 bridgehead atoms. The van der Waals surface area contributed by atoms with Gasteiger partial charge in [0.15, 0.2) is 0 Å². The van der Waals surface area contributed by atoms with Crippen LogP contribution in [0.1, 0.15) is 45.1 Å². The molecule has 1 aromatic carbocycles. The molecular weight excluding hydrogens is 340 g/mol. The van der Waals surface area contributed by atoms with Crippen LogP contribution in [0.5, 0.6) is 0 Å². The van der Waals surface area contributed by atoms with Crippen molar-refractivity contribution in [3.63, 3.8) is 0 Å². The van der Waals surface area contributed by atoms with E-state index in [1.54, 1.807) is 24.0 Å². The van der Waals surface area contributed by atoms with Crippen LogP contribution in [0.2, 0.25) is 5.02 Å². The monoisotopic (exact) mass is 366 g/mol. The number of halogens is 1. The average Bonchev–Trinajstić information content (AvgIpc) is 3.12. The Morgan fingerprint density at radius 2 is 2.08 bits per heavy atom. The van der Waals surface area contributed by atoms with Gasteiger partial charge in [-0.3, -0.25) is 9.59 Å². The second kappa shape index (κ2) is 9.78. The highest BCUT2D eigenvalue weighted by Gasteiger charge is 2.26. The van der Waals surface area contributed by atoms with Crippen LogP contribution < -0.4 is 5.32 Å². The van der Waals surface area contributed by atoms with Crippen LogP contribution in [0.3, 0.4) is 0 Å². The molecule has 1 saturated heterocycles. The number of carbonyl (C=O) groups is 2. The zero-order valence-electron chi connectivity index (χ0n) is 15.0. The third kappa shape index (κ3) is 6.01. The van der Waals surface area contributed by atoms with E-state index in [0.29, 0.717) is 24.5 Å². The Kier molecular flexibility index (Phi) is 7.72. The zero-order chi connectivity index (χ0) is 18.2. The maximum atomic E-state index is 12.5. The molecule has 5 nitrogen and oxygen atoms in total. The van der Waals surface area contributed by atoms with Crippen LogP contribution in [0.4, 0.5) is 0 Å². The standard InChI is InChI=1S/C19H27ClN2O3/c1-3-5-18(23)22(13-15-7-9-16(20)10-8-15)14(2)19(24)21-12-17-6-4-11-25-17/h7-10,14,17H,3-6,11-13H2,1-2H3,(H,21,24)/t14-,17-/m1/s1. The molecule has 0 aromatic heterocycles. The fourth-order valence-electron chi connectivity index (χ4n) is 2.89. The SMILES string of the molecule is CCCC(=O)N(Cc1ccc(Cl)cc1)[C@H](C)C(=O)NC[C@H]1CCCO1. The lowest BCUT2D eigenvalue weighted by Crippen LogP contribution is -2.48. The van der Waals surface area contributed by atoms with E-state index in [1.165, 1.54) is 0 Å². The first kappa shape index (κ1) is 19.7. The number of benzene rings is 1. The summed E-state index contributed by atoms with van der Waals surface area (Å²) in [6.07, 6.45) is 3.27. The fourth-order valence-corrected chi connectivity index (χ4v) is 3.02. The predicted octanol–water partition coefficient (Wildman–Crippen LogP) is 3.15. The van der Waals surface area contributed by atoms with E-state index in [9.17, 15) is 9.59 Å². The molecule has 1 fully saturated rings. The highest BCUT2D eigenvalue weighted by atomic mass is 35.5. The Labute approximate surface area is 154 Å². The summed E-state index contributed by atoms with van der Waals surface area (Å²) >= 11 is 5.92. The molecule has 25 heavy (non-hydrogen) atoms. The third-order valence-corrected chi connectivity index (χ3v) is 4.68. The largest absolute Gasteiger partial charge is 0.376 e. The van der Waals surface area contributed by atoms with Gasteiger partial charge in [0.2, 0.25) is 11.8 Å². The van der Waals surface area contributed by atoms with Crippen molar-refractivity contribution < 1.29 is 14.3 Å². The lowest BCUT2D eigenvalue weighted by Gasteiger charge is -2.29. The van der Waals surface area contributed by atoms with Crippen molar-refractivity contribution in [3.8, 4) is 0 Å². The number of hydrogen-bond donors (Lipinski definition) is 1. The van der Waals surface area contributed by atoms with Gasteiger partial charge in [0.25, 0.3) is 0 Å². The molecule has 1 aromatic rings.